The minimum atomic E-state index is -1.84. The molecule has 1 aromatic rings. The highest BCUT2D eigenvalue weighted by atomic mass is 16.4. The quantitative estimate of drug-likeness (QED) is 0.111. The Morgan fingerprint density at radius 2 is 1.46 bits per heavy atom. The number of rotatable bonds is 15. The third kappa shape index (κ3) is 10.9. The molecular weight excluding hydrogens is 494 g/mol. The Hall–Kier alpha value is -4.24. The molecule has 0 spiro atoms. The van der Waals surface area contributed by atoms with Crippen LogP contribution in [0.1, 0.15) is 31.7 Å². The standard InChI is InChI=1S/C22H31N5O10/c1-10(28)18(21(35)26-15(22(36)37)9-17(31)32)27-20(34)14(6-7-16(24)30)25-19(33)13(23)8-11-2-4-12(29)5-3-11/h2-5,10,13-15,18,28-29H,6-9,23H2,1H3,(H2,24,30)(H,25,33)(H,26,35)(H,27,34)(H,31,32)(H,36,37). The molecule has 0 aromatic heterocycles. The van der Waals surface area contributed by atoms with Crippen LogP contribution in [0.15, 0.2) is 24.3 Å². The van der Waals surface area contributed by atoms with Crippen LogP contribution in [-0.4, -0.2) is 86.3 Å². The van der Waals surface area contributed by atoms with Crippen molar-refractivity contribution in [2.75, 3.05) is 0 Å². The molecule has 0 saturated heterocycles. The number of carboxylic acid groups (broad SMARTS) is 2. The van der Waals surface area contributed by atoms with E-state index in [1.165, 1.54) is 12.1 Å². The number of aliphatic carboxylic acids is 2. The lowest BCUT2D eigenvalue weighted by Crippen LogP contribution is -2.60. The number of nitrogens with two attached hydrogens (primary N) is 2. The zero-order chi connectivity index (χ0) is 28.3. The highest BCUT2D eigenvalue weighted by molar-refractivity contribution is 5.95. The van der Waals surface area contributed by atoms with Gasteiger partial charge in [0.15, 0.2) is 0 Å². The van der Waals surface area contributed by atoms with E-state index in [4.69, 9.17) is 21.7 Å². The average Bonchev–Trinajstić information content (AvgIpc) is 2.79. The number of primary amides is 1. The van der Waals surface area contributed by atoms with Crippen molar-refractivity contribution < 1.29 is 49.2 Å². The first-order valence-electron chi connectivity index (χ1n) is 11.1. The van der Waals surface area contributed by atoms with Crippen LogP contribution < -0.4 is 27.4 Å². The van der Waals surface area contributed by atoms with Crippen LogP contribution in [0.3, 0.4) is 0 Å². The summed E-state index contributed by atoms with van der Waals surface area (Å²) in [7, 11) is 0. The number of benzene rings is 1. The first kappa shape index (κ1) is 30.8. The minimum Gasteiger partial charge on any atom is -0.508 e. The predicted octanol–water partition coefficient (Wildman–Crippen LogP) is -3.08. The molecule has 37 heavy (non-hydrogen) atoms. The second kappa shape index (κ2) is 14.4. The number of aliphatic hydroxyl groups excluding tert-OH is 1. The maximum absolute atomic E-state index is 12.9. The topological polar surface area (TPSA) is 271 Å². The number of hydrogen-bond acceptors (Lipinski definition) is 9. The van der Waals surface area contributed by atoms with Gasteiger partial charge in [-0.3, -0.25) is 24.0 Å². The Morgan fingerprint density at radius 3 is 1.95 bits per heavy atom. The third-order valence-electron chi connectivity index (χ3n) is 5.10. The molecule has 0 fully saturated rings. The molecule has 204 valence electrons. The molecule has 11 N–H and O–H groups in total. The summed E-state index contributed by atoms with van der Waals surface area (Å²) in [5.74, 6) is -6.94. The minimum absolute atomic E-state index is 0.0132. The van der Waals surface area contributed by atoms with Crippen LogP contribution >= 0.6 is 0 Å². The Balaban J connectivity index is 2.97. The van der Waals surface area contributed by atoms with Crippen LogP contribution in [0.5, 0.6) is 5.75 Å². The molecule has 1 aromatic carbocycles. The first-order valence-corrected chi connectivity index (χ1v) is 11.1. The van der Waals surface area contributed by atoms with Gasteiger partial charge in [0, 0.05) is 6.42 Å². The lowest BCUT2D eigenvalue weighted by molar-refractivity contribution is -0.148. The van der Waals surface area contributed by atoms with Crippen molar-refractivity contribution in [1.82, 2.24) is 16.0 Å². The van der Waals surface area contributed by atoms with Crippen molar-refractivity contribution in [3.63, 3.8) is 0 Å². The van der Waals surface area contributed by atoms with Crippen LogP contribution in [0, 0.1) is 0 Å². The molecule has 4 amide bonds. The van der Waals surface area contributed by atoms with Gasteiger partial charge in [-0.2, -0.15) is 0 Å². The number of aromatic hydroxyl groups is 1. The van der Waals surface area contributed by atoms with Crippen LogP contribution in [0.2, 0.25) is 0 Å². The van der Waals surface area contributed by atoms with Gasteiger partial charge in [-0.05, 0) is 37.5 Å². The SMILES string of the molecule is CC(O)C(NC(=O)C(CCC(N)=O)NC(=O)C(N)Cc1ccc(O)cc1)C(=O)NC(CC(=O)O)C(=O)O. The average molecular weight is 526 g/mol. The predicted molar refractivity (Wildman–Crippen MR) is 126 cm³/mol. The second-order valence-corrected chi connectivity index (χ2v) is 8.27. The van der Waals surface area contributed by atoms with Crippen LogP contribution in [0.4, 0.5) is 0 Å². The van der Waals surface area contributed by atoms with Gasteiger partial charge in [0.1, 0.15) is 23.9 Å². The van der Waals surface area contributed by atoms with E-state index in [2.05, 4.69) is 10.6 Å². The molecule has 0 aliphatic heterocycles. The summed E-state index contributed by atoms with van der Waals surface area (Å²) in [6.45, 7) is 1.11. The summed E-state index contributed by atoms with van der Waals surface area (Å²) in [4.78, 5) is 71.4. The normalized spacial score (nSPS) is 14.8. The van der Waals surface area contributed by atoms with E-state index in [1.807, 2.05) is 5.32 Å². The lowest BCUT2D eigenvalue weighted by atomic mass is 10.0. The fourth-order valence-electron chi connectivity index (χ4n) is 3.11. The monoisotopic (exact) mass is 525 g/mol. The van der Waals surface area contributed by atoms with Crippen molar-refractivity contribution in [3.8, 4) is 5.75 Å². The number of hydrogen-bond donors (Lipinski definition) is 9. The van der Waals surface area contributed by atoms with Gasteiger partial charge < -0.3 is 47.8 Å². The molecular formula is C22H31N5O10. The molecule has 0 radical (unpaired) electrons. The number of amides is 4. The van der Waals surface area contributed by atoms with E-state index in [0.717, 1.165) is 6.92 Å². The van der Waals surface area contributed by atoms with Gasteiger partial charge in [0.25, 0.3) is 0 Å². The Morgan fingerprint density at radius 1 is 0.892 bits per heavy atom. The fraction of sp³-hybridized carbons (Fsp3) is 0.455. The van der Waals surface area contributed by atoms with Gasteiger partial charge >= 0.3 is 11.9 Å². The van der Waals surface area contributed by atoms with E-state index in [-0.39, 0.29) is 25.0 Å². The highest BCUT2D eigenvalue weighted by Gasteiger charge is 2.33. The lowest BCUT2D eigenvalue weighted by Gasteiger charge is -2.26. The van der Waals surface area contributed by atoms with Gasteiger partial charge in [0.2, 0.25) is 23.6 Å². The van der Waals surface area contributed by atoms with E-state index in [1.54, 1.807) is 12.1 Å². The summed E-state index contributed by atoms with van der Waals surface area (Å²) in [6, 6.07) is -0.259. The number of aliphatic hydroxyl groups is 1. The molecule has 15 nitrogen and oxygen atoms in total. The molecule has 5 atom stereocenters. The van der Waals surface area contributed by atoms with E-state index in [0.29, 0.717) is 5.56 Å². The van der Waals surface area contributed by atoms with Gasteiger partial charge in [-0.1, -0.05) is 12.1 Å². The maximum Gasteiger partial charge on any atom is 0.326 e. The van der Waals surface area contributed by atoms with E-state index < -0.39 is 72.3 Å². The van der Waals surface area contributed by atoms with Crippen molar-refractivity contribution in [2.45, 2.75) is 62.9 Å². The first-order chi connectivity index (χ1) is 17.2. The Labute approximate surface area is 211 Å². The zero-order valence-electron chi connectivity index (χ0n) is 19.9. The van der Waals surface area contributed by atoms with Crippen LogP contribution in [-0.2, 0) is 35.2 Å². The smallest absolute Gasteiger partial charge is 0.326 e. The zero-order valence-corrected chi connectivity index (χ0v) is 19.9. The largest absolute Gasteiger partial charge is 0.508 e. The number of carbonyl (C=O) groups is 6. The molecule has 0 heterocycles. The summed E-state index contributed by atoms with van der Waals surface area (Å²) >= 11 is 0. The Bertz CT molecular complexity index is 998. The summed E-state index contributed by atoms with van der Waals surface area (Å²) in [5, 5.41) is 43.7. The van der Waals surface area contributed by atoms with Crippen molar-refractivity contribution in [2.24, 2.45) is 11.5 Å². The Kier molecular flexibility index (Phi) is 11.9. The number of carbonyl (C=O) groups excluding carboxylic acids is 4. The molecule has 0 bridgehead atoms. The molecule has 1 rings (SSSR count). The molecule has 15 heteroatoms. The maximum atomic E-state index is 12.9. The van der Waals surface area contributed by atoms with Gasteiger partial charge in [-0.15, -0.1) is 0 Å². The van der Waals surface area contributed by atoms with Gasteiger partial charge in [0.05, 0.1) is 18.6 Å². The van der Waals surface area contributed by atoms with E-state index in [9.17, 15) is 39.0 Å². The molecule has 0 aliphatic rings. The third-order valence-corrected chi connectivity index (χ3v) is 5.10. The van der Waals surface area contributed by atoms with Crippen molar-refractivity contribution in [3.05, 3.63) is 29.8 Å². The van der Waals surface area contributed by atoms with Gasteiger partial charge in [-0.25, -0.2) is 4.79 Å². The number of carboxylic acids is 2. The second-order valence-electron chi connectivity index (χ2n) is 8.27. The molecule has 5 unspecified atom stereocenters. The summed E-state index contributed by atoms with van der Waals surface area (Å²) in [5.41, 5.74) is 11.6. The van der Waals surface area contributed by atoms with E-state index >= 15 is 0 Å². The number of phenolic OH excluding ortho intramolecular Hbond substituents is 1. The summed E-state index contributed by atoms with van der Waals surface area (Å²) < 4.78 is 0. The van der Waals surface area contributed by atoms with Crippen molar-refractivity contribution >= 4 is 35.6 Å². The molecule has 0 saturated carbocycles. The number of phenols is 1. The van der Waals surface area contributed by atoms with Crippen molar-refractivity contribution in [1.29, 1.82) is 0 Å². The summed E-state index contributed by atoms with van der Waals surface area (Å²) in [6.07, 6.45) is -3.11. The van der Waals surface area contributed by atoms with Crippen LogP contribution in [0.25, 0.3) is 0 Å². The number of nitrogens with one attached hydrogen (secondary N) is 3. The fourth-order valence-corrected chi connectivity index (χ4v) is 3.11. The highest BCUT2D eigenvalue weighted by Crippen LogP contribution is 2.11. The molecule has 0 aliphatic carbocycles.